The topological polar surface area (TPSA) is 84.7 Å². The van der Waals surface area contributed by atoms with E-state index in [1.54, 1.807) is 4.90 Å². The van der Waals surface area contributed by atoms with Crippen molar-refractivity contribution >= 4 is 17.7 Å². The van der Waals surface area contributed by atoms with Crippen LogP contribution in [0.2, 0.25) is 0 Å². The summed E-state index contributed by atoms with van der Waals surface area (Å²) in [6.07, 6.45) is -0.0180. The minimum Gasteiger partial charge on any atom is -0.444 e. The molecule has 0 fully saturated rings. The number of rotatable bonds is 3. The number of fused-ring (bicyclic) bond motifs is 1. The average Bonchev–Trinajstić information content (AvgIpc) is 2.73. The van der Waals surface area contributed by atoms with Crippen molar-refractivity contribution in [2.24, 2.45) is 5.73 Å². The van der Waals surface area contributed by atoms with Gasteiger partial charge in [0.05, 0.1) is 6.04 Å². The van der Waals surface area contributed by atoms with Gasteiger partial charge < -0.3 is 15.4 Å². The third-order valence-electron chi connectivity index (χ3n) is 4.83. The number of hydrogen-bond acceptors (Lipinski definition) is 4. The van der Waals surface area contributed by atoms with Crippen LogP contribution < -0.4 is 11.1 Å². The first kappa shape index (κ1) is 20.9. The number of benzene rings is 2. The number of amides is 2. The molecule has 29 heavy (non-hydrogen) atoms. The Bertz CT molecular complexity index is 904. The number of aryl methyl sites for hydroxylation is 1. The van der Waals surface area contributed by atoms with E-state index in [1.807, 2.05) is 70.2 Å². The van der Waals surface area contributed by atoms with Gasteiger partial charge in [0, 0.05) is 18.8 Å². The van der Waals surface area contributed by atoms with E-state index >= 15 is 0 Å². The minimum absolute atomic E-state index is 0.0654. The van der Waals surface area contributed by atoms with E-state index in [0.29, 0.717) is 25.2 Å². The molecule has 154 valence electrons. The summed E-state index contributed by atoms with van der Waals surface area (Å²) in [5.74, 6) is -0.0654. The molecule has 1 atom stereocenters. The van der Waals surface area contributed by atoms with Crippen LogP contribution in [-0.2, 0) is 29.0 Å². The van der Waals surface area contributed by atoms with Gasteiger partial charge in [-0.15, -0.1) is 0 Å². The van der Waals surface area contributed by atoms with Gasteiger partial charge in [0.25, 0.3) is 0 Å². The number of nitrogens with zero attached hydrogens (tertiary/aromatic N) is 1. The Morgan fingerprint density at radius 2 is 1.90 bits per heavy atom. The molecule has 2 amide bonds. The zero-order valence-corrected chi connectivity index (χ0v) is 17.5. The summed E-state index contributed by atoms with van der Waals surface area (Å²) in [5, 5.41) is 2.83. The van der Waals surface area contributed by atoms with Crippen LogP contribution in [0.3, 0.4) is 0 Å². The molecule has 6 nitrogen and oxygen atoms in total. The van der Waals surface area contributed by atoms with Crippen molar-refractivity contribution in [3.8, 4) is 0 Å². The quantitative estimate of drug-likeness (QED) is 0.829. The van der Waals surface area contributed by atoms with Crippen molar-refractivity contribution in [2.45, 2.75) is 58.8 Å². The van der Waals surface area contributed by atoms with Crippen LogP contribution >= 0.6 is 0 Å². The molecular weight excluding hydrogens is 366 g/mol. The molecule has 1 aliphatic rings. The summed E-state index contributed by atoms with van der Waals surface area (Å²) < 4.78 is 5.37. The summed E-state index contributed by atoms with van der Waals surface area (Å²) in [5.41, 5.74) is 10.3. The Hall–Kier alpha value is -2.86. The fraction of sp³-hybridized carbons (Fsp3) is 0.391. The molecule has 0 aliphatic carbocycles. The Balaban J connectivity index is 1.86. The monoisotopic (exact) mass is 395 g/mol. The summed E-state index contributed by atoms with van der Waals surface area (Å²) in [4.78, 5) is 26.8. The van der Waals surface area contributed by atoms with Gasteiger partial charge in [-0.2, -0.15) is 0 Å². The van der Waals surface area contributed by atoms with Crippen molar-refractivity contribution < 1.29 is 14.3 Å². The largest absolute Gasteiger partial charge is 0.444 e. The van der Waals surface area contributed by atoms with Gasteiger partial charge in [0.2, 0.25) is 5.91 Å². The summed E-state index contributed by atoms with van der Waals surface area (Å²) in [6, 6.07) is 13.2. The van der Waals surface area contributed by atoms with E-state index in [2.05, 4.69) is 5.32 Å². The highest BCUT2D eigenvalue weighted by Crippen LogP contribution is 2.27. The number of nitrogens with two attached hydrogens (primary N) is 1. The molecule has 0 bridgehead atoms. The van der Waals surface area contributed by atoms with Gasteiger partial charge >= 0.3 is 6.09 Å². The zero-order valence-electron chi connectivity index (χ0n) is 17.5. The predicted molar refractivity (Wildman–Crippen MR) is 113 cm³/mol. The minimum atomic E-state index is -0.580. The molecule has 0 saturated carbocycles. The maximum atomic E-state index is 12.8. The molecule has 1 unspecified atom stereocenters. The molecule has 0 radical (unpaired) electrons. The van der Waals surface area contributed by atoms with E-state index in [1.165, 1.54) is 0 Å². The second-order valence-electron chi connectivity index (χ2n) is 8.55. The molecule has 1 aliphatic heterocycles. The Labute approximate surface area is 172 Å². The number of nitrogens with one attached hydrogen (secondary N) is 1. The maximum absolute atomic E-state index is 12.8. The fourth-order valence-electron chi connectivity index (χ4n) is 3.48. The molecule has 0 spiro atoms. The molecule has 1 heterocycles. The normalized spacial score (nSPS) is 16.8. The van der Waals surface area contributed by atoms with Crippen molar-refractivity contribution in [3.05, 3.63) is 64.7 Å². The molecular formula is C23H29N3O3. The van der Waals surface area contributed by atoms with Crippen LogP contribution in [0.5, 0.6) is 0 Å². The molecule has 6 heteroatoms. The van der Waals surface area contributed by atoms with Crippen LogP contribution in [0, 0.1) is 6.92 Å². The third kappa shape index (κ3) is 5.35. The zero-order chi connectivity index (χ0) is 21.2. The number of carbonyl (C=O) groups excluding carboxylic acids is 2. The summed E-state index contributed by atoms with van der Waals surface area (Å²) in [6.45, 7) is 8.34. The highest BCUT2D eigenvalue weighted by molar-refractivity contribution is 5.87. The van der Waals surface area contributed by atoms with E-state index in [0.717, 1.165) is 22.3 Å². The highest BCUT2D eigenvalue weighted by Gasteiger charge is 2.28. The first-order chi connectivity index (χ1) is 13.6. The molecule has 2 aromatic carbocycles. The number of hydrogen-bond donors (Lipinski definition) is 2. The maximum Gasteiger partial charge on any atom is 0.412 e. The first-order valence-corrected chi connectivity index (χ1v) is 9.83. The van der Waals surface area contributed by atoms with Gasteiger partial charge in [-0.1, -0.05) is 36.4 Å². The molecule has 2 aromatic rings. The van der Waals surface area contributed by atoms with Crippen LogP contribution in [0.15, 0.2) is 42.5 Å². The Morgan fingerprint density at radius 1 is 1.21 bits per heavy atom. The summed E-state index contributed by atoms with van der Waals surface area (Å²) in [7, 11) is 0. The smallest absolute Gasteiger partial charge is 0.412 e. The van der Waals surface area contributed by atoms with Crippen LogP contribution in [0.4, 0.5) is 10.5 Å². The predicted octanol–water partition coefficient (Wildman–Crippen LogP) is 3.75. The number of carbonyl (C=O) groups is 2. The van der Waals surface area contributed by atoms with Crippen molar-refractivity contribution in [1.29, 1.82) is 0 Å². The van der Waals surface area contributed by atoms with Crippen molar-refractivity contribution in [1.82, 2.24) is 4.90 Å². The Morgan fingerprint density at radius 3 is 2.55 bits per heavy atom. The van der Waals surface area contributed by atoms with Gasteiger partial charge in [0.1, 0.15) is 5.60 Å². The molecule has 0 aromatic heterocycles. The standard InChI is InChI=1S/C23H29N3O3/c1-15-10-17-11-19(24)21(27)26(13-16-8-6-5-7-9-16)14-18(17)12-20(15)25-22(28)29-23(2,3)4/h5-10,12,19H,11,13-14,24H2,1-4H3,(H,25,28). The fourth-order valence-corrected chi connectivity index (χ4v) is 3.48. The lowest BCUT2D eigenvalue weighted by Gasteiger charge is -2.23. The second-order valence-corrected chi connectivity index (χ2v) is 8.55. The molecule has 3 rings (SSSR count). The highest BCUT2D eigenvalue weighted by atomic mass is 16.6. The first-order valence-electron chi connectivity index (χ1n) is 9.83. The van der Waals surface area contributed by atoms with Crippen LogP contribution in [-0.4, -0.2) is 28.5 Å². The third-order valence-corrected chi connectivity index (χ3v) is 4.83. The van der Waals surface area contributed by atoms with Crippen molar-refractivity contribution in [3.63, 3.8) is 0 Å². The lowest BCUT2D eigenvalue weighted by Crippen LogP contribution is -2.42. The number of ether oxygens (including phenoxy) is 1. The van der Waals surface area contributed by atoms with E-state index in [4.69, 9.17) is 10.5 Å². The molecule has 0 saturated heterocycles. The van der Waals surface area contributed by atoms with E-state index in [-0.39, 0.29) is 5.91 Å². The van der Waals surface area contributed by atoms with Gasteiger partial charge in [-0.05, 0) is 62.4 Å². The second kappa shape index (κ2) is 8.25. The van der Waals surface area contributed by atoms with Gasteiger partial charge in [-0.3, -0.25) is 10.1 Å². The molecule has 3 N–H and O–H groups in total. The summed E-state index contributed by atoms with van der Waals surface area (Å²) >= 11 is 0. The van der Waals surface area contributed by atoms with Crippen molar-refractivity contribution in [2.75, 3.05) is 5.32 Å². The lowest BCUT2D eigenvalue weighted by molar-refractivity contribution is -0.133. The van der Waals surface area contributed by atoms with Gasteiger partial charge in [0.15, 0.2) is 0 Å². The SMILES string of the molecule is Cc1cc2c(cc1NC(=O)OC(C)(C)C)CN(Cc1ccccc1)C(=O)C(N)C2. The lowest BCUT2D eigenvalue weighted by atomic mass is 9.98. The Kier molecular flexibility index (Phi) is 5.94. The van der Waals surface area contributed by atoms with Gasteiger partial charge in [-0.25, -0.2) is 4.79 Å². The van der Waals surface area contributed by atoms with E-state index < -0.39 is 17.7 Å². The van der Waals surface area contributed by atoms with Crippen LogP contribution in [0.25, 0.3) is 0 Å². The number of anilines is 1. The average molecular weight is 396 g/mol. The van der Waals surface area contributed by atoms with Crippen LogP contribution in [0.1, 0.15) is 43.0 Å². The van der Waals surface area contributed by atoms with E-state index in [9.17, 15) is 9.59 Å².